The van der Waals surface area contributed by atoms with Crippen LogP contribution in [0.4, 0.5) is 10.1 Å². The topological polar surface area (TPSA) is 87.3 Å². The van der Waals surface area contributed by atoms with Gasteiger partial charge in [-0.3, -0.25) is 4.79 Å². The minimum Gasteiger partial charge on any atom is -0.322 e. The summed E-state index contributed by atoms with van der Waals surface area (Å²) in [5.74, 6) is -0.820. The number of aryl methyl sites for hydroxylation is 1. The average molecular weight is 414 g/mol. The number of hydrogen-bond acceptors (Lipinski definition) is 4. The number of benzene rings is 2. The molecule has 2 aromatic carbocycles. The molecule has 0 saturated carbocycles. The Kier molecular flexibility index (Phi) is 6.94. The molecule has 0 bridgehead atoms. The molecule has 1 atom stereocenters. The second kappa shape index (κ2) is 8.79. The van der Waals surface area contributed by atoms with Crippen LogP contribution >= 0.6 is 12.4 Å². The van der Waals surface area contributed by atoms with E-state index in [-0.39, 0.29) is 34.7 Å². The van der Waals surface area contributed by atoms with Gasteiger partial charge < -0.3 is 10.6 Å². The maximum absolute atomic E-state index is 13.3. The van der Waals surface area contributed by atoms with E-state index < -0.39 is 15.9 Å². The highest BCUT2D eigenvalue weighted by molar-refractivity contribution is 7.89. The Morgan fingerprint density at radius 1 is 1.22 bits per heavy atom. The van der Waals surface area contributed by atoms with Crippen LogP contribution in [-0.2, 0) is 10.0 Å². The van der Waals surface area contributed by atoms with Crippen molar-refractivity contribution >= 4 is 34.0 Å². The molecule has 0 radical (unpaired) electrons. The zero-order chi connectivity index (χ0) is 18.7. The zero-order valence-electron chi connectivity index (χ0n) is 14.7. The molecule has 1 saturated heterocycles. The van der Waals surface area contributed by atoms with Crippen LogP contribution in [0.1, 0.15) is 22.3 Å². The number of carbonyl (C=O) groups excluding carboxylic acids is 1. The lowest BCUT2D eigenvalue weighted by Gasteiger charge is -2.13. The first kappa shape index (κ1) is 21.3. The number of carbonyl (C=O) groups is 1. The summed E-state index contributed by atoms with van der Waals surface area (Å²) in [6.07, 6.45) is 0.726. The Balaban J connectivity index is 0.00000261. The summed E-state index contributed by atoms with van der Waals surface area (Å²) < 4.78 is 40.9. The lowest BCUT2D eigenvalue weighted by Crippen LogP contribution is -2.36. The SMILES string of the molecule is Cc1cc(NC(=O)c2cccc(S(=O)(=O)NC3CCNC3)c2)ccc1F.Cl. The molecule has 0 aromatic heterocycles. The zero-order valence-corrected chi connectivity index (χ0v) is 16.3. The van der Waals surface area contributed by atoms with Gasteiger partial charge in [-0.05, 0) is 61.9 Å². The van der Waals surface area contributed by atoms with E-state index in [9.17, 15) is 17.6 Å². The van der Waals surface area contributed by atoms with Crippen LogP contribution < -0.4 is 15.4 Å². The number of hydrogen-bond donors (Lipinski definition) is 3. The maximum Gasteiger partial charge on any atom is 0.255 e. The normalized spacial score (nSPS) is 16.6. The summed E-state index contributed by atoms with van der Waals surface area (Å²) in [5.41, 5.74) is 1.06. The van der Waals surface area contributed by atoms with E-state index in [4.69, 9.17) is 0 Å². The number of amides is 1. The molecule has 1 amide bonds. The highest BCUT2D eigenvalue weighted by atomic mass is 35.5. The van der Waals surface area contributed by atoms with Crippen LogP contribution in [0.25, 0.3) is 0 Å². The van der Waals surface area contributed by atoms with Gasteiger partial charge in [0.05, 0.1) is 4.90 Å². The van der Waals surface area contributed by atoms with Gasteiger partial charge in [-0.25, -0.2) is 17.5 Å². The molecule has 6 nitrogen and oxygen atoms in total. The van der Waals surface area contributed by atoms with Crippen LogP contribution in [0, 0.1) is 12.7 Å². The minimum atomic E-state index is -3.70. The summed E-state index contributed by atoms with van der Waals surface area (Å²) >= 11 is 0. The van der Waals surface area contributed by atoms with Crippen molar-refractivity contribution in [1.82, 2.24) is 10.0 Å². The Bertz CT molecular complexity index is 931. The van der Waals surface area contributed by atoms with E-state index in [1.807, 2.05) is 0 Å². The monoisotopic (exact) mass is 413 g/mol. The molecule has 3 N–H and O–H groups in total. The molecule has 1 unspecified atom stereocenters. The minimum absolute atomic E-state index is 0. The number of rotatable bonds is 5. The fourth-order valence-electron chi connectivity index (χ4n) is 2.77. The molecule has 9 heteroatoms. The quantitative estimate of drug-likeness (QED) is 0.702. The van der Waals surface area contributed by atoms with Crippen LogP contribution in [-0.4, -0.2) is 33.5 Å². The van der Waals surface area contributed by atoms with E-state index in [1.54, 1.807) is 6.92 Å². The predicted molar refractivity (Wildman–Crippen MR) is 104 cm³/mol. The predicted octanol–water partition coefficient (Wildman–Crippen LogP) is 2.45. The van der Waals surface area contributed by atoms with Gasteiger partial charge in [0.2, 0.25) is 10.0 Å². The Hall–Kier alpha value is -2.00. The summed E-state index contributed by atoms with van der Waals surface area (Å²) in [5, 5.41) is 5.74. The number of anilines is 1. The van der Waals surface area contributed by atoms with Crippen molar-refractivity contribution in [3.63, 3.8) is 0 Å². The summed E-state index contributed by atoms with van der Waals surface area (Å²) in [4.78, 5) is 12.4. The largest absolute Gasteiger partial charge is 0.322 e. The first-order chi connectivity index (χ1) is 12.3. The van der Waals surface area contributed by atoms with Gasteiger partial charge in [-0.2, -0.15) is 0 Å². The molecule has 27 heavy (non-hydrogen) atoms. The number of halogens is 2. The van der Waals surface area contributed by atoms with Gasteiger partial charge in [0.1, 0.15) is 5.82 Å². The molecule has 1 aliphatic rings. The van der Waals surface area contributed by atoms with Gasteiger partial charge in [-0.1, -0.05) is 6.07 Å². The molecule has 0 aliphatic carbocycles. The second-order valence-corrected chi connectivity index (χ2v) is 7.97. The van der Waals surface area contributed by atoms with E-state index in [0.29, 0.717) is 17.8 Å². The molecule has 3 rings (SSSR count). The van der Waals surface area contributed by atoms with E-state index in [2.05, 4.69) is 15.4 Å². The van der Waals surface area contributed by atoms with Crippen LogP contribution in [0.5, 0.6) is 0 Å². The van der Waals surface area contributed by atoms with Crippen LogP contribution in [0.3, 0.4) is 0 Å². The molecule has 1 heterocycles. The first-order valence-electron chi connectivity index (χ1n) is 8.26. The van der Waals surface area contributed by atoms with E-state index in [0.717, 1.165) is 13.0 Å². The Morgan fingerprint density at radius 2 is 2.00 bits per heavy atom. The molecule has 0 spiro atoms. The fourth-order valence-corrected chi connectivity index (χ4v) is 4.09. The number of nitrogens with one attached hydrogen (secondary N) is 3. The second-order valence-electron chi connectivity index (χ2n) is 6.26. The summed E-state index contributed by atoms with van der Waals surface area (Å²) in [6, 6.07) is 9.91. The molecular formula is C18H21ClFN3O3S. The van der Waals surface area contributed by atoms with Crippen LogP contribution in [0.15, 0.2) is 47.4 Å². The van der Waals surface area contributed by atoms with Gasteiger partial charge >= 0.3 is 0 Å². The van der Waals surface area contributed by atoms with E-state index >= 15 is 0 Å². The summed E-state index contributed by atoms with van der Waals surface area (Å²) in [6.45, 7) is 2.96. The third-order valence-corrected chi connectivity index (χ3v) is 5.72. The van der Waals surface area contributed by atoms with Crippen molar-refractivity contribution in [1.29, 1.82) is 0 Å². The third-order valence-electron chi connectivity index (χ3n) is 4.20. The van der Waals surface area contributed by atoms with Gasteiger partial charge in [-0.15, -0.1) is 12.4 Å². The van der Waals surface area contributed by atoms with Crippen molar-refractivity contribution in [2.24, 2.45) is 0 Å². The van der Waals surface area contributed by atoms with Crippen LogP contribution in [0.2, 0.25) is 0 Å². The molecule has 2 aromatic rings. The summed E-state index contributed by atoms with van der Waals surface area (Å²) in [7, 11) is -3.70. The highest BCUT2D eigenvalue weighted by Crippen LogP contribution is 2.17. The first-order valence-corrected chi connectivity index (χ1v) is 9.74. The molecular weight excluding hydrogens is 393 g/mol. The van der Waals surface area contributed by atoms with Gasteiger partial charge in [0.15, 0.2) is 0 Å². The van der Waals surface area contributed by atoms with Gasteiger partial charge in [0, 0.05) is 23.8 Å². The molecule has 146 valence electrons. The molecule has 1 fully saturated rings. The van der Waals surface area contributed by atoms with Gasteiger partial charge in [0.25, 0.3) is 5.91 Å². The maximum atomic E-state index is 13.3. The standard InChI is InChI=1S/C18H20FN3O3S.ClH/c1-12-9-14(5-6-17(12)19)21-18(23)13-3-2-4-16(10-13)26(24,25)22-15-7-8-20-11-15;/h2-6,9-10,15,20,22H,7-8,11H2,1H3,(H,21,23);1H. The lowest BCUT2D eigenvalue weighted by molar-refractivity contribution is 0.102. The fraction of sp³-hybridized carbons (Fsp3) is 0.278. The number of sulfonamides is 1. The Morgan fingerprint density at radius 3 is 2.67 bits per heavy atom. The highest BCUT2D eigenvalue weighted by Gasteiger charge is 2.23. The Labute approximate surface area is 164 Å². The third kappa shape index (κ3) is 5.26. The average Bonchev–Trinajstić information content (AvgIpc) is 3.10. The van der Waals surface area contributed by atoms with Crippen molar-refractivity contribution < 1.29 is 17.6 Å². The lowest BCUT2D eigenvalue weighted by atomic mass is 10.2. The molecule has 1 aliphatic heterocycles. The van der Waals surface area contributed by atoms with Crippen molar-refractivity contribution in [3.05, 3.63) is 59.4 Å². The van der Waals surface area contributed by atoms with E-state index in [1.165, 1.54) is 42.5 Å². The van der Waals surface area contributed by atoms with Crippen molar-refractivity contribution in [2.45, 2.75) is 24.3 Å². The smallest absolute Gasteiger partial charge is 0.255 e. The van der Waals surface area contributed by atoms with Crippen molar-refractivity contribution in [2.75, 3.05) is 18.4 Å². The van der Waals surface area contributed by atoms with Crippen molar-refractivity contribution in [3.8, 4) is 0 Å².